The summed E-state index contributed by atoms with van der Waals surface area (Å²) in [4.78, 5) is 0. The minimum atomic E-state index is -0.161. The van der Waals surface area contributed by atoms with Crippen LogP contribution in [0.4, 0.5) is 10.1 Å². The maximum Gasteiger partial charge on any atom is 0.146 e. The Morgan fingerprint density at radius 3 is 2.33 bits per heavy atom. The Bertz CT molecular complexity index is 552. The number of fused-ring (bicyclic) bond motifs is 1. The van der Waals surface area contributed by atoms with Crippen LogP contribution in [0.3, 0.4) is 0 Å². The lowest BCUT2D eigenvalue weighted by Gasteiger charge is -2.14. The van der Waals surface area contributed by atoms with Crippen molar-refractivity contribution in [3.8, 4) is 0 Å². The van der Waals surface area contributed by atoms with Crippen molar-refractivity contribution in [2.45, 2.75) is 25.8 Å². The van der Waals surface area contributed by atoms with E-state index >= 15 is 0 Å². The first-order valence-corrected chi connectivity index (χ1v) is 6.32. The van der Waals surface area contributed by atoms with Gasteiger partial charge >= 0.3 is 0 Å². The van der Waals surface area contributed by atoms with Gasteiger partial charge in [0.1, 0.15) is 5.82 Å². The first-order valence-electron chi connectivity index (χ1n) is 6.32. The van der Waals surface area contributed by atoms with Crippen LogP contribution in [0.5, 0.6) is 0 Å². The molecule has 0 heterocycles. The Morgan fingerprint density at radius 1 is 1.06 bits per heavy atom. The molecule has 1 N–H and O–H groups in total. The van der Waals surface area contributed by atoms with Crippen LogP contribution in [0, 0.1) is 12.7 Å². The lowest BCUT2D eigenvalue weighted by atomic mass is 10.1. The first-order chi connectivity index (χ1) is 8.72. The third kappa shape index (κ3) is 2.10. The molecule has 0 unspecified atom stereocenters. The van der Waals surface area contributed by atoms with E-state index in [-0.39, 0.29) is 5.82 Å². The first kappa shape index (κ1) is 11.3. The maximum atomic E-state index is 13.8. The fourth-order valence-electron chi connectivity index (χ4n) is 2.62. The number of halogens is 1. The second-order valence-electron chi connectivity index (χ2n) is 5.00. The topological polar surface area (TPSA) is 12.0 Å². The van der Waals surface area contributed by atoms with E-state index in [1.54, 1.807) is 6.07 Å². The Balaban J connectivity index is 1.76. The molecule has 0 atom stereocenters. The molecule has 2 aromatic carbocycles. The second-order valence-corrected chi connectivity index (χ2v) is 5.00. The van der Waals surface area contributed by atoms with E-state index < -0.39 is 0 Å². The summed E-state index contributed by atoms with van der Waals surface area (Å²) in [5.41, 5.74) is 4.32. The highest BCUT2D eigenvalue weighted by molar-refractivity contribution is 5.49. The highest BCUT2D eigenvalue weighted by Gasteiger charge is 2.21. The van der Waals surface area contributed by atoms with Crippen molar-refractivity contribution in [1.29, 1.82) is 0 Å². The van der Waals surface area contributed by atoms with Gasteiger partial charge in [0.2, 0.25) is 0 Å². The number of aryl methyl sites for hydroxylation is 1. The highest BCUT2D eigenvalue weighted by atomic mass is 19.1. The van der Waals surface area contributed by atoms with Gasteiger partial charge in [0.15, 0.2) is 0 Å². The molecule has 0 spiro atoms. The van der Waals surface area contributed by atoms with Crippen LogP contribution in [0.15, 0.2) is 42.5 Å². The van der Waals surface area contributed by atoms with E-state index in [1.165, 1.54) is 11.1 Å². The normalized spacial score (nSPS) is 14.6. The zero-order chi connectivity index (χ0) is 12.5. The van der Waals surface area contributed by atoms with Crippen molar-refractivity contribution in [2.75, 3.05) is 5.32 Å². The molecule has 1 nitrogen and oxygen atoms in total. The molecule has 0 fully saturated rings. The van der Waals surface area contributed by atoms with E-state index in [4.69, 9.17) is 0 Å². The van der Waals surface area contributed by atoms with Crippen LogP contribution in [-0.2, 0) is 12.8 Å². The van der Waals surface area contributed by atoms with Crippen molar-refractivity contribution in [1.82, 2.24) is 0 Å². The summed E-state index contributed by atoms with van der Waals surface area (Å²) in [7, 11) is 0. The van der Waals surface area contributed by atoms with Gasteiger partial charge in [0, 0.05) is 6.04 Å². The largest absolute Gasteiger partial charge is 0.379 e. The zero-order valence-electron chi connectivity index (χ0n) is 10.4. The SMILES string of the molecule is Cc1ccc(NC2Cc3ccccc3C2)c(F)c1. The molecular weight excluding hydrogens is 225 g/mol. The number of nitrogens with one attached hydrogen (secondary N) is 1. The maximum absolute atomic E-state index is 13.8. The third-order valence-corrected chi connectivity index (χ3v) is 3.54. The lowest BCUT2D eigenvalue weighted by Crippen LogP contribution is -2.20. The predicted molar refractivity (Wildman–Crippen MR) is 72.4 cm³/mol. The fraction of sp³-hybridized carbons (Fsp3) is 0.250. The van der Waals surface area contributed by atoms with Gasteiger partial charge in [-0.3, -0.25) is 0 Å². The molecule has 0 aromatic heterocycles. The molecule has 1 aliphatic carbocycles. The van der Waals surface area contributed by atoms with Gasteiger partial charge in [-0.1, -0.05) is 30.3 Å². The summed E-state index contributed by atoms with van der Waals surface area (Å²) >= 11 is 0. The van der Waals surface area contributed by atoms with Crippen LogP contribution in [0.1, 0.15) is 16.7 Å². The summed E-state index contributed by atoms with van der Waals surface area (Å²) < 4.78 is 13.8. The molecule has 18 heavy (non-hydrogen) atoms. The second kappa shape index (κ2) is 4.45. The molecule has 92 valence electrons. The van der Waals surface area contributed by atoms with Crippen LogP contribution in [0.2, 0.25) is 0 Å². The number of hydrogen-bond acceptors (Lipinski definition) is 1. The predicted octanol–water partition coefficient (Wildman–Crippen LogP) is 3.71. The Labute approximate surface area is 107 Å². The molecule has 0 saturated carbocycles. The van der Waals surface area contributed by atoms with Crippen molar-refractivity contribution < 1.29 is 4.39 Å². The molecule has 0 bridgehead atoms. The Hall–Kier alpha value is -1.83. The molecule has 2 aromatic rings. The van der Waals surface area contributed by atoms with Gasteiger partial charge in [-0.25, -0.2) is 4.39 Å². The number of anilines is 1. The zero-order valence-corrected chi connectivity index (χ0v) is 10.4. The van der Waals surface area contributed by atoms with Gasteiger partial charge in [0.05, 0.1) is 5.69 Å². The number of benzene rings is 2. The van der Waals surface area contributed by atoms with Crippen molar-refractivity contribution in [2.24, 2.45) is 0 Å². The van der Waals surface area contributed by atoms with E-state index in [9.17, 15) is 4.39 Å². The van der Waals surface area contributed by atoms with Crippen molar-refractivity contribution >= 4 is 5.69 Å². The van der Waals surface area contributed by atoms with Crippen LogP contribution < -0.4 is 5.32 Å². The molecule has 0 aliphatic heterocycles. The average molecular weight is 241 g/mol. The summed E-state index contributed by atoms with van der Waals surface area (Å²) in [6.45, 7) is 1.90. The molecular formula is C16H16FN. The minimum Gasteiger partial charge on any atom is -0.379 e. The molecule has 2 heteroatoms. The molecule has 1 aliphatic rings. The van der Waals surface area contributed by atoms with E-state index in [2.05, 4.69) is 29.6 Å². The summed E-state index contributed by atoms with van der Waals surface area (Å²) in [6.07, 6.45) is 1.95. The van der Waals surface area contributed by atoms with Crippen LogP contribution >= 0.6 is 0 Å². The van der Waals surface area contributed by atoms with Gasteiger partial charge in [0.25, 0.3) is 0 Å². The fourth-order valence-corrected chi connectivity index (χ4v) is 2.62. The van der Waals surface area contributed by atoms with E-state index in [1.807, 2.05) is 19.1 Å². The molecule has 3 rings (SSSR count). The minimum absolute atomic E-state index is 0.161. The summed E-state index contributed by atoms with van der Waals surface area (Å²) in [6, 6.07) is 14.1. The van der Waals surface area contributed by atoms with Gasteiger partial charge in [-0.2, -0.15) is 0 Å². The quantitative estimate of drug-likeness (QED) is 0.845. The monoisotopic (exact) mass is 241 g/mol. The van der Waals surface area contributed by atoms with Crippen molar-refractivity contribution in [3.05, 3.63) is 65.0 Å². The summed E-state index contributed by atoms with van der Waals surface area (Å²) in [5.74, 6) is -0.161. The summed E-state index contributed by atoms with van der Waals surface area (Å²) in [5, 5.41) is 3.31. The average Bonchev–Trinajstić information content (AvgIpc) is 2.75. The number of rotatable bonds is 2. The van der Waals surface area contributed by atoms with Gasteiger partial charge in [-0.05, 0) is 48.6 Å². The standard InChI is InChI=1S/C16H16FN/c1-11-6-7-16(15(17)8-11)18-14-9-12-4-2-3-5-13(12)10-14/h2-8,14,18H,9-10H2,1H3. The van der Waals surface area contributed by atoms with Gasteiger partial charge < -0.3 is 5.32 Å². The highest BCUT2D eigenvalue weighted by Crippen LogP contribution is 2.25. The molecule has 0 radical (unpaired) electrons. The molecule has 0 amide bonds. The number of hydrogen-bond donors (Lipinski definition) is 1. The lowest BCUT2D eigenvalue weighted by molar-refractivity contribution is 0.624. The van der Waals surface area contributed by atoms with Crippen molar-refractivity contribution in [3.63, 3.8) is 0 Å². The smallest absolute Gasteiger partial charge is 0.146 e. The van der Waals surface area contributed by atoms with E-state index in [0.29, 0.717) is 11.7 Å². The van der Waals surface area contributed by atoms with E-state index in [0.717, 1.165) is 18.4 Å². The Kier molecular flexibility index (Phi) is 2.78. The third-order valence-electron chi connectivity index (χ3n) is 3.54. The molecule has 0 saturated heterocycles. The van der Waals surface area contributed by atoms with Crippen LogP contribution in [-0.4, -0.2) is 6.04 Å². The Morgan fingerprint density at radius 2 is 1.72 bits per heavy atom. The van der Waals surface area contributed by atoms with Crippen LogP contribution in [0.25, 0.3) is 0 Å². The van der Waals surface area contributed by atoms with Gasteiger partial charge in [-0.15, -0.1) is 0 Å².